The van der Waals surface area contributed by atoms with Crippen molar-refractivity contribution in [2.24, 2.45) is 10.4 Å². The highest BCUT2D eigenvalue weighted by Crippen LogP contribution is 2.31. The van der Waals surface area contributed by atoms with E-state index in [4.69, 9.17) is 14.2 Å². The highest BCUT2D eigenvalue weighted by molar-refractivity contribution is 5.79. The van der Waals surface area contributed by atoms with Crippen molar-refractivity contribution >= 4 is 5.96 Å². The minimum Gasteiger partial charge on any atom is -0.497 e. The summed E-state index contributed by atoms with van der Waals surface area (Å²) in [5.74, 6) is 2.26. The first-order chi connectivity index (χ1) is 12.6. The normalized spacial score (nSPS) is 21.3. The molecule has 1 saturated heterocycles. The van der Waals surface area contributed by atoms with E-state index >= 15 is 0 Å². The van der Waals surface area contributed by atoms with Gasteiger partial charge in [0.05, 0.1) is 20.3 Å². The van der Waals surface area contributed by atoms with Crippen LogP contribution in [0.3, 0.4) is 0 Å². The molecule has 7 nitrogen and oxygen atoms in total. The SMILES string of the molecule is CN=C(NCC(C)Oc1cccc(OC)c1)NCC1(CCO)CCOC1. The van der Waals surface area contributed by atoms with Crippen molar-refractivity contribution in [3.8, 4) is 11.5 Å². The number of nitrogens with one attached hydrogen (secondary N) is 2. The molecule has 7 heteroatoms. The van der Waals surface area contributed by atoms with Gasteiger partial charge >= 0.3 is 0 Å². The molecular weight excluding hydrogens is 334 g/mol. The largest absolute Gasteiger partial charge is 0.497 e. The Morgan fingerprint density at radius 1 is 1.38 bits per heavy atom. The summed E-state index contributed by atoms with van der Waals surface area (Å²) in [6, 6.07) is 7.56. The fourth-order valence-corrected chi connectivity index (χ4v) is 2.99. The molecule has 26 heavy (non-hydrogen) atoms. The second-order valence-electron chi connectivity index (χ2n) is 6.69. The number of aliphatic imine (C=N–C) groups is 1. The van der Waals surface area contributed by atoms with Crippen molar-refractivity contribution < 1.29 is 19.3 Å². The zero-order valence-corrected chi connectivity index (χ0v) is 16.0. The summed E-state index contributed by atoms with van der Waals surface area (Å²) in [5, 5.41) is 15.9. The van der Waals surface area contributed by atoms with E-state index in [1.54, 1.807) is 14.2 Å². The van der Waals surface area contributed by atoms with Gasteiger partial charge in [0.25, 0.3) is 0 Å². The first-order valence-corrected chi connectivity index (χ1v) is 9.04. The number of aliphatic hydroxyl groups excluding tert-OH is 1. The highest BCUT2D eigenvalue weighted by atomic mass is 16.5. The van der Waals surface area contributed by atoms with Gasteiger partial charge < -0.3 is 30.0 Å². The summed E-state index contributed by atoms with van der Waals surface area (Å²) in [6.45, 7) is 4.92. The van der Waals surface area contributed by atoms with E-state index in [2.05, 4.69) is 15.6 Å². The van der Waals surface area contributed by atoms with Gasteiger partial charge in [-0.05, 0) is 31.9 Å². The van der Waals surface area contributed by atoms with E-state index in [1.807, 2.05) is 31.2 Å². The Hall–Kier alpha value is -1.99. The molecule has 2 rings (SSSR count). The maximum absolute atomic E-state index is 9.31. The number of methoxy groups -OCH3 is 1. The number of hydrogen-bond acceptors (Lipinski definition) is 5. The van der Waals surface area contributed by atoms with Crippen LogP contribution in [-0.2, 0) is 4.74 Å². The van der Waals surface area contributed by atoms with E-state index in [0.29, 0.717) is 13.2 Å². The van der Waals surface area contributed by atoms with Gasteiger partial charge in [0.15, 0.2) is 5.96 Å². The van der Waals surface area contributed by atoms with Crippen molar-refractivity contribution in [2.75, 3.05) is 47.1 Å². The molecule has 0 bridgehead atoms. The van der Waals surface area contributed by atoms with E-state index in [-0.39, 0.29) is 18.1 Å². The second kappa shape index (κ2) is 10.2. The van der Waals surface area contributed by atoms with Crippen molar-refractivity contribution in [1.29, 1.82) is 0 Å². The number of aliphatic hydroxyl groups is 1. The number of nitrogens with zero attached hydrogens (tertiary/aromatic N) is 1. The third kappa shape index (κ3) is 6.07. The Kier molecular flexibility index (Phi) is 8.00. The van der Waals surface area contributed by atoms with E-state index < -0.39 is 0 Å². The van der Waals surface area contributed by atoms with Crippen LogP contribution in [0.2, 0.25) is 0 Å². The van der Waals surface area contributed by atoms with Crippen molar-refractivity contribution in [2.45, 2.75) is 25.9 Å². The molecule has 0 spiro atoms. The van der Waals surface area contributed by atoms with Crippen LogP contribution >= 0.6 is 0 Å². The first-order valence-electron chi connectivity index (χ1n) is 9.04. The van der Waals surface area contributed by atoms with Gasteiger partial charge in [0.2, 0.25) is 0 Å². The molecule has 3 N–H and O–H groups in total. The lowest BCUT2D eigenvalue weighted by Crippen LogP contribution is -2.46. The monoisotopic (exact) mass is 365 g/mol. The average molecular weight is 365 g/mol. The molecule has 0 saturated carbocycles. The molecule has 146 valence electrons. The number of hydrogen-bond donors (Lipinski definition) is 3. The lowest BCUT2D eigenvalue weighted by Gasteiger charge is -2.28. The van der Waals surface area contributed by atoms with Crippen molar-refractivity contribution in [3.63, 3.8) is 0 Å². The van der Waals surface area contributed by atoms with Gasteiger partial charge in [-0.25, -0.2) is 0 Å². The fourth-order valence-electron chi connectivity index (χ4n) is 2.99. The summed E-state index contributed by atoms with van der Waals surface area (Å²) in [6.07, 6.45) is 1.64. The highest BCUT2D eigenvalue weighted by Gasteiger charge is 2.34. The van der Waals surface area contributed by atoms with Crippen LogP contribution in [0.5, 0.6) is 11.5 Å². The lowest BCUT2D eigenvalue weighted by molar-refractivity contribution is 0.127. The molecule has 1 fully saturated rings. The van der Waals surface area contributed by atoms with Gasteiger partial charge in [-0.15, -0.1) is 0 Å². The molecule has 0 aromatic heterocycles. The first kappa shape index (κ1) is 20.3. The van der Waals surface area contributed by atoms with Crippen molar-refractivity contribution in [3.05, 3.63) is 24.3 Å². The summed E-state index contributed by atoms with van der Waals surface area (Å²) in [7, 11) is 3.38. The van der Waals surface area contributed by atoms with E-state index in [9.17, 15) is 5.11 Å². The van der Waals surface area contributed by atoms with E-state index in [0.717, 1.165) is 43.5 Å². The van der Waals surface area contributed by atoms with Crippen LogP contribution < -0.4 is 20.1 Å². The number of ether oxygens (including phenoxy) is 3. The molecule has 2 atom stereocenters. The predicted molar refractivity (Wildman–Crippen MR) is 102 cm³/mol. The van der Waals surface area contributed by atoms with Gasteiger partial charge in [-0.1, -0.05) is 6.07 Å². The molecule has 1 aromatic rings. The third-order valence-corrected chi connectivity index (χ3v) is 4.62. The number of rotatable bonds is 9. The zero-order valence-electron chi connectivity index (χ0n) is 16.0. The molecule has 2 unspecified atom stereocenters. The van der Waals surface area contributed by atoms with Crippen LogP contribution in [0.15, 0.2) is 29.3 Å². The Labute approximate surface area is 155 Å². The standard InChI is InChI=1S/C19H31N3O4/c1-15(26-17-6-4-5-16(11-17)24-3)12-21-18(20-2)22-13-19(7-9-23)8-10-25-14-19/h4-6,11,15,23H,7-10,12-14H2,1-3H3,(H2,20,21,22). The van der Waals surface area contributed by atoms with Gasteiger partial charge in [0, 0.05) is 38.3 Å². The molecule has 0 aliphatic carbocycles. The minimum atomic E-state index is -0.0399. The second-order valence-corrected chi connectivity index (χ2v) is 6.69. The quantitative estimate of drug-likeness (QED) is 0.453. The van der Waals surface area contributed by atoms with Crippen LogP contribution in [0.1, 0.15) is 19.8 Å². The summed E-state index contributed by atoms with van der Waals surface area (Å²) in [5.41, 5.74) is -0.0188. The molecule has 0 amide bonds. The Morgan fingerprint density at radius 2 is 2.19 bits per heavy atom. The van der Waals surface area contributed by atoms with Crippen LogP contribution in [0.4, 0.5) is 0 Å². The van der Waals surface area contributed by atoms with Gasteiger partial charge in [-0.2, -0.15) is 0 Å². The molecule has 1 aliphatic rings. The molecule has 0 radical (unpaired) electrons. The van der Waals surface area contributed by atoms with Crippen molar-refractivity contribution in [1.82, 2.24) is 10.6 Å². The molecular formula is C19H31N3O4. The van der Waals surface area contributed by atoms with Crippen LogP contribution in [0.25, 0.3) is 0 Å². The lowest BCUT2D eigenvalue weighted by atomic mass is 9.84. The topological polar surface area (TPSA) is 84.3 Å². The average Bonchev–Trinajstić information content (AvgIpc) is 3.11. The Balaban J connectivity index is 1.78. The molecule has 1 aliphatic heterocycles. The Bertz CT molecular complexity index is 574. The maximum atomic E-state index is 9.31. The van der Waals surface area contributed by atoms with Crippen LogP contribution in [0, 0.1) is 5.41 Å². The number of benzene rings is 1. The summed E-state index contributed by atoms with van der Waals surface area (Å²) in [4.78, 5) is 4.26. The van der Waals surface area contributed by atoms with Gasteiger partial charge in [-0.3, -0.25) is 4.99 Å². The van der Waals surface area contributed by atoms with Gasteiger partial charge in [0.1, 0.15) is 17.6 Å². The molecule has 1 heterocycles. The summed E-state index contributed by atoms with van der Waals surface area (Å²) >= 11 is 0. The minimum absolute atomic E-state index is 0.0188. The van der Waals surface area contributed by atoms with E-state index in [1.165, 1.54) is 0 Å². The maximum Gasteiger partial charge on any atom is 0.191 e. The smallest absolute Gasteiger partial charge is 0.191 e. The fraction of sp³-hybridized carbons (Fsp3) is 0.632. The molecule has 1 aromatic carbocycles. The zero-order chi connectivity index (χ0) is 18.8. The predicted octanol–water partition coefficient (Wildman–Crippen LogP) is 1.42. The summed E-state index contributed by atoms with van der Waals surface area (Å²) < 4.78 is 16.6. The van der Waals surface area contributed by atoms with Crippen LogP contribution in [-0.4, -0.2) is 64.2 Å². The number of guanidine groups is 1. The third-order valence-electron chi connectivity index (χ3n) is 4.62. The Morgan fingerprint density at radius 3 is 2.85 bits per heavy atom.